The van der Waals surface area contributed by atoms with Crippen LogP contribution in [-0.2, 0) is 26.6 Å². The van der Waals surface area contributed by atoms with Crippen LogP contribution in [0.15, 0.2) is 29.5 Å². The van der Waals surface area contributed by atoms with Crippen molar-refractivity contribution in [3.05, 3.63) is 47.3 Å². The first kappa shape index (κ1) is 14.6. The molecule has 0 saturated heterocycles. The first-order chi connectivity index (χ1) is 11.3. The zero-order valence-corrected chi connectivity index (χ0v) is 13.7. The van der Waals surface area contributed by atoms with Crippen LogP contribution in [0.25, 0.3) is 0 Å². The molecule has 0 bridgehead atoms. The Labute approximate surface area is 137 Å². The second-order valence-corrected chi connectivity index (χ2v) is 6.52. The van der Waals surface area contributed by atoms with Crippen molar-refractivity contribution in [2.24, 2.45) is 12.0 Å². The number of hydrogen-bond donors (Lipinski definition) is 0. The van der Waals surface area contributed by atoms with Gasteiger partial charge in [-0.15, -0.1) is 0 Å². The number of nitrogens with zero attached hydrogens (tertiary/aromatic N) is 5. The summed E-state index contributed by atoms with van der Waals surface area (Å²) in [6, 6.07) is 4.30. The van der Waals surface area contributed by atoms with Crippen LogP contribution < -0.4 is 0 Å². The molecule has 0 saturated carbocycles. The molecule has 0 spiro atoms. The second-order valence-electron chi connectivity index (χ2n) is 6.52. The Morgan fingerprint density at radius 3 is 2.96 bits per heavy atom. The highest BCUT2D eigenvalue weighted by atomic mass is 15.2. The quantitative estimate of drug-likeness (QED) is 0.874. The lowest BCUT2D eigenvalue weighted by molar-refractivity contribution is 0.237. The van der Waals surface area contributed by atoms with E-state index in [1.54, 1.807) is 0 Å². The van der Waals surface area contributed by atoms with Gasteiger partial charge in [0.25, 0.3) is 0 Å². The normalized spacial score (nSPS) is 18.6. The first-order valence-electron chi connectivity index (χ1n) is 8.50. The maximum Gasteiger partial charge on any atom is 0.173 e. The highest BCUT2D eigenvalue weighted by Gasteiger charge is 2.20. The molecule has 120 valence electrons. The van der Waals surface area contributed by atoms with Crippen LogP contribution in [0, 0.1) is 0 Å². The highest BCUT2D eigenvalue weighted by Crippen LogP contribution is 2.20. The van der Waals surface area contributed by atoms with Gasteiger partial charge in [0, 0.05) is 63.3 Å². The smallest absolute Gasteiger partial charge is 0.173 e. The molecule has 4 heterocycles. The molecule has 0 atom stereocenters. The molecular weight excluding hydrogens is 286 g/mol. The first-order valence-corrected chi connectivity index (χ1v) is 8.50. The van der Waals surface area contributed by atoms with Gasteiger partial charge in [0.1, 0.15) is 0 Å². The topological polar surface area (TPSA) is 46.3 Å². The predicted molar refractivity (Wildman–Crippen MR) is 90.5 cm³/mol. The minimum absolute atomic E-state index is 0.860. The fourth-order valence-electron chi connectivity index (χ4n) is 3.42. The minimum Gasteiger partial charge on any atom is -0.353 e. The molecule has 0 aromatic carbocycles. The summed E-state index contributed by atoms with van der Waals surface area (Å²) in [4.78, 5) is 16.5. The molecule has 4 rings (SSSR count). The third-order valence-electron chi connectivity index (χ3n) is 4.83. The minimum atomic E-state index is 0.860. The number of fused-ring (bicyclic) bond motifs is 1. The zero-order valence-electron chi connectivity index (χ0n) is 13.7. The largest absolute Gasteiger partial charge is 0.353 e. The number of aliphatic imine (C=N–C) groups is 1. The van der Waals surface area contributed by atoms with E-state index in [2.05, 4.69) is 44.8 Å². The lowest BCUT2D eigenvalue weighted by atomic mass is 10.1. The van der Waals surface area contributed by atoms with Crippen LogP contribution in [0.2, 0.25) is 0 Å². The van der Waals surface area contributed by atoms with E-state index < -0.39 is 0 Å². The lowest BCUT2D eigenvalue weighted by Crippen LogP contribution is -2.32. The van der Waals surface area contributed by atoms with Crippen molar-refractivity contribution in [1.29, 1.82) is 0 Å². The summed E-state index contributed by atoms with van der Waals surface area (Å²) in [7, 11) is 2.10. The van der Waals surface area contributed by atoms with Gasteiger partial charge in [0.2, 0.25) is 0 Å². The van der Waals surface area contributed by atoms with Crippen molar-refractivity contribution in [3.63, 3.8) is 0 Å². The Bertz CT molecular complexity index is 731. The van der Waals surface area contributed by atoms with E-state index in [4.69, 9.17) is 4.98 Å². The molecule has 0 amide bonds. The number of aromatic nitrogens is 3. The summed E-state index contributed by atoms with van der Waals surface area (Å²) < 4.78 is 2.19. The second kappa shape index (κ2) is 6.24. The average molecular weight is 309 g/mol. The number of rotatable bonds is 3. The highest BCUT2D eigenvalue weighted by molar-refractivity contribution is 5.97. The molecule has 0 aliphatic carbocycles. The molecule has 0 N–H and O–H groups in total. The van der Waals surface area contributed by atoms with Crippen LogP contribution in [0.4, 0.5) is 0 Å². The van der Waals surface area contributed by atoms with Crippen molar-refractivity contribution >= 4 is 5.71 Å². The maximum atomic E-state index is 4.81. The van der Waals surface area contributed by atoms with Crippen LogP contribution in [0.1, 0.15) is 42.0 Å². The van der Waals surface area contributed by atoms with Crippen LogP contribution in [0.5, 0.6) is 0 Å². The van der Waals surface area contributed by atoms with Crippen LogP contribution >= 0.6 is 0 Å². The van der Waals surface area contributed by atoms with E-state index in [0.29, 0.717) is 0 Å². The van der Waals surface area contributed by atoms with E-state index in [9.17, 15) is 0 Å². The lowest BCUT2D eigenvalue weighted by Gasteiger charge is -2.28. The molecule has 2 aliphatic rings. The van der Waals surface area contributed by atoms with Crippen molar-refractivity contribution < 1.29 is 0 Å². The van der Waals surface area contributed by atoms with Crippen LogP contribution in [-0.4, -0.2) is 38.2 Å². The Hall–Kier alpha value is -2.01. The summed E-state index contributed by atoms with van der Waals surface area (Å²) in [6.45, 7) is 3.91. The number of hydrogen-bond acceptors (Lipinski definition) is 4. The summed E-state index contributed by atoms with van der Waals surface area (Å²) in [5.41, 5.74) is 4.94. The Morgan fingerprint density at radius 2 is 2.17 bits per heavy atom. The van der Waals surface area contributed by atoms with Gasteiger partial charge in [-0.1, -0.05) is 0 Å². The molecule has 2 aromatic heterocycles. The molecule has 0 fully saturated rings. The monoisotopic (exact) mass is 309 g/mol. The summed E-state index contributed by atoms with van der Waals surface area (Å²) >= 11 is 0. The standard InChI is InChI=1S/C18H23N5/c1-22-9-4-5-15(22)13-23-10-7-16-14(12-23)11-20-18(21-16)17-6-2-3-8-19-17/h4-5,9,11H,2-3,6-8,10,12-13H2,1H3. The van der Waals surface area contributed by atoms with E-state index in [1.807, 2.05) is 6.20 Å². The third kappa shape index (κ3) is 3.06. The molecule has 0 radical (unpaired) electrons. The van der Waals surface area contributed by atoms with Crippen molar-refractivity contribution in [3.8, 4) is 0 Å². The van der Waals surface area contributed by atoms with E-state index in [1.165, 1.54) is 29.8 Å². The average Bonchev–Trinajstić information content (AvgIpc) is 3.00. The molecule has 5 nitrogen and oxygen atoms in total. The van der Waals surface area contributed by atoms with Gasteiger partial charge in [-0.25, -0.2) is 9.97 Å². The van der Waals surface area contributed by atoms with Gasteiger partial charge >= 0.3 is 0 Å². The molecular formula is C18H23N5. The molecule has 2 aromatic rings. The van der Waals surface area contributed by atoms with Gasteiger partial charge in [-0.05, 0) is 31.4 Å². The van der Waals surface area contributed by atoms with Crippen molar-refractivity contribution in [2.45, 2.75) is 38.8 Å². The predicted octanol–water partition coefficient (Wildman–Crippen LogP) is 2.35. The SMILES string of the molecule is Cn1cccc1CN1CCc2nc(C3=NCCCC3)ncc2C1. The van der Waals surface area contributed by atoms with Crippen molar-refractivity contribution in [1.82, 2.24) is 19.4 Å². The summed E-state index contributed by atoms with van der Waals surface area (Å²) in [6.07, 6.45) is 8.56. The van der Waals surface area contributed by atoms with Gasteiger partial charge in [-0.2, -0.15) is 0 Å². The Morgan fingerprint density at radius 1 is 1.22 bits per heavy atom. The van der Waals surface area contributed by atoms with Gasteiger partial charge in [-0.3, -0.25) is 9.89 Å². The van der Waals surface area contributed by atoms with Gasteiger partial charge in [0.05, 0.1) is 11.4 Å². The van der Waals surface area contributed by atoms with Crippen molar-refractivity contribution in [2.75, 3.05) is 13.1 Å². The third-order valence-corrected chi connectivity index (χ3v) is 4.83. The van der Waals surface area contributed by atoms with E-state index >= 15 is 0 Å². The van der Waals surface area contributed by atoms with E-state index in [-0.39, 0.29) is 0 Å². The van der Waals surface area contributed by atoms with Gasteiger partial charge < -0.3 is 4.57 Å². The number of aryl methyl sites for hydroxylation is 1. The van der Waals surface area contributed by atoms with E-state index in [0.717, 1.165) is 50.6 Å². The summed E-state index contributed by atoms with van der Waals surface area (Å²) in [5.74, 6) is 0.860. The fourth-order valence-corrected chi connectivity index (χ4v) is 3.42. The van der Waals surface area contributed by atoms with Gasteiger partial charge in [0.15, 0.2) is 5.82 Å². The maximum absolute atomic E-state index is 4.81. The molecule has 5 heteroatoms. The fraction of sp³-hybridized carbons (Fsp3) is 0.500. The Balaban J connectivity index is 1.50. The van der Waals surface area contributed by atoms with Crippen LogP contribution in [0.3, 0.4) is 0 Å². The summed E-state index contributed by atoms with van der Waals surface area (Å²) in [5, 5.41) is 0. The zero-order chi connectivity index (χ0) is 15.6. The molecule has 2 aliphatic heterocycles. The molecule has 0 unspecified atom stereocenters. The Kier molecular flexibility index (Phi) is 3.95. The molecule has 23 heavy (non-hydrogen) atoms.